The molecule has 0 bridgehead atoms. The lowest BCUT2D eigenvalue weighted by Crippen LogP contribution is -2.46. The number of anilines is 2. The number of primary amides is 1. The maximum atomic E-state index is 11.2. The number of nitrogens with zero attached hydrogens (tertiary/aromatic N) is 3. The summed E-state index contributed by atoms with van der Waals surface area (Å²) >= 11 is 0. The number of aromatic nitrogens is 2. The number of amides is 1. The molecule has 2 heterocycles. The van der Waals surface area contributed by atoms with Gasteiger partial charge in [-0.2, -0.15) is 4.98 Å². The summed E-state index contributed by atoms with van der Waals surface area (Å²) in [6.07, 6.45) is 2.24. The van der Waals surface area contributed by atoms with E-state index in [0.717, 1.165) is 24.7 Å². The summed E-state index contributed by atoms with van der Waals surface area (Å²) in [7, 11) is 0. The van der Waals surface area contributed by atoms with Crippen molar-refractivity contribution >= 4 is 23.9 Å². The Morgan fingerprint density at radius 2 is 2.04 bits per heavy atom. The number of hydrogen-bond acceptors (Lipinski definition) is 6. The van der Waals surface area contributed by atoms with Gasteiger partial charge < -0.3 is 21.8 Å². The van der Waals surface area contributed by atoms with Gasteiger partial charge in [0, 0.05) is 29.9 Å². The highest BCUT2D eigenvalue weighted by molar-refractivity contribution is 5.95. The zero-order valence-corrected chi connectivity index (χ0v) is 12.8. The molecule has 1 atom stereocenters. The Bertz CT molecular complexity index is 771. The second-order valence-corrected chi connectivity index (χ2v) is 5.59. The highest BCUT2D eigenvalue weighted by Gasteiger charge is 2.27. The summed E-state index contributed by atoms with van der Waals surface area (Å²) in [5, 5.41) is 7.59. The van der Waals surface area contributed by atoms with E-state index in [4.69, 9.17) is 16.9 Å². The van der Waals surface area contributed by atoms with Crippen molar-refractivity contribution in [2.75, 3.05) is 17.2 Å². The second kappa shape index (κ2) is 5.68. The van der Waals surface area contributed by atoms with Crippen LogP contribution >= 0.6 is 0 Å². The molecule has 0 unspecified atom stereocenters. The van der Waals surface area contributed by atoms with Crippen molar-refractivity contribution in [1.29, 1.82) is 5.41 Å². The Kier molecular flexibility index (Phi) is 3.69. The largest absolute Gasteiger partial charge is 0.383 e. The lowest BCUT2D eigenvalue weighted by Gasteiger charge is -2.39. The zero-order chi connectivity index (χ0) is 16.6. The van der Waals surface area contributed by atoms with Crippen molar-refractivity contribution in [3.8, 4) is 11.3 Å². The molecule has 1 saturated heterocycles. The average molecular weight is 310 g/mol. The lowest BCUT2D eigenvalue weighted by atomic mass is 10.0. The molecule has 0 saturated carbocycles. The van der Waals surface area contributed by atoms with Crippen LogP contribution in [0.4, 0.5) is 11.8 Å². The molecule has 1 fully saturated rings. The normalized spacial score (nSPS) is 16.7. The van der Waals surface area contributed by atoms with Gasteiger partial charge in [-0.3, -0.25) is 4.79 Å². The molecule has 1 aliphatic heterocycles. The van der Waals surface area contributed by atoms with Crippen LogP contribution in [0.2, 0.25) is 0 Å². The third kappa shape index (κ3) is 2.61. The smallest absolute Gasteiger partial charge is 0.248 e. The highest BCUT2D eigenvalue weighted by Crippen LogP contribution is 2.30. The highest BCUT2D eigenvalue weighted by atomic mass is 16.1. The Morgan fingerprint density at radius 1 is 1.35 bits per heavy atom. The van der Waals surface area contributed by atoms with Crippen molar-refractivity contribution in [2.24, 2.45) is 5.73 Å². The number of hydrogen-bond donors (Lipinski definition) is 3. The van der Waals surface area contributed by atoms with Crippen LogP contribution in [-0.2, 0) is 0 Å². The van der Waals surface area contributed by atoms with E-state index in [-0.39, 0.29) is 5.82 Å². The van der Waals surface area contributed by atoms with E-state index in [9.17, 15) is 4.79 Å². The topological polar surface area (TPSA) is 122 Å². The molecule has 5 N–H and O–H groups in total. The monoisotopic (exact) mass is 310 g/mol. The fourth-order valence-electron chi connectivity index (χ4n) is 2.57. The number of carbonyl (C=O) groups is 1. The standard InChI is InChI=1S/C16H18N6O/c1-9-6-7-22(9)16-20-13(12(8-17)14(18)21-16)10-2-4-11(5-3-10)15(19)23/h2-5,8-9,17H,6-7H2,1H3,(H2,19,23)(H2,18,20,21)/t9-/m0/s1. The first-order chi connectivity index (χ1) is 11.0. The van der Waals surface area contributed by atoms with Crippen molar-refractivity contribution in [2.45, 2.75) is 19.4 Å². The molecule has 1 aromatic carbocycles. The predicted molar refractivity (Wildman–Crippen MR) is 89.7 cm³/mol. The van der Waals surface area contributed by atoms with Crippen molar-refractivity contribution < 1.29 is 4.79 Å². The van der Waals surface area contributed by atoms with E-state index in [1.807, 2.05) is 0 Å². The lowest BCUT2D eigenvalue weighted by molar-refractivity contribution is 0.100. The van der Waals surface area contributed by atoms with Crippen LogP contribution in [0, 0.1) is 5.41 Å². The summed E-state index contributed by atoms with van der Waals surface area (Å²) in [6, 6.07) is 7.15. The maximum Gasteiger partial charge on any atom is 0.248 e. The molecular weight excluding hydrogens is 292 g/mol. The maximum absolute atomic E-state index is 11.2. The van der Waals surface area contributed by atoms with Crippen molar-refractivity contribution in [1.82, 2.24) is 9.97 Å². The first kappa shape index (κ1) is 15.0. The van der Waals surface area contributed by atoms with Gasteiger partial charge in [0.2, 0.25) is 11.9 Å². The number of nitrogens with one attached hydrogen (secondary N) is 1. The summed E-state index contributed by atoms with van der Waals surface area (Å²) in [6.45, 7) is 3.00. The molecule has 23 heavy (non-hydrogen) atoms. The number of nitrogen functional groups attached to an aromatic ring is 1. The molecule has 118 valence electrons. The summed E-state index contributed by atoms with van der Waals surface area (Å²) in [4.78, 5) is 22.2. The van der Waals surface area contributed by atoms with Gasteiger partial charge in [0.15, 0.2) is 0 Å². The minimum atomic E-state index is -0.485. The van der Waals surface area contributed by atoms with Crippen LogP contribution in [0.3, 0.4) is 0 Å². The molecule has 7 nitrogen and oxygen atoms in total. The predicted octanol–water partition coefficient (Wildman–Crippen LogP) is 1.42. The van der Waals surface area contributed by atoms with Crippen LogP contribution < -0.4 is 16.4 Å². The van der Waals surface area contributed by atoms with E-state index < -0.39 is 5.91 Å². The minimum absolute atomic E-state index is 0.276. The van der Waals surface area contributed by atoms with Crippen LogP contribution in [0.15, 0.2) is 24.3 Å². The summed E-state index contributed by atoms with van der Waals surface area (Å²) in [5.41, 5.74) is 13.5. The Hall–Kier alpha value is -2.96. The summed E-state index contributed by atoms with van der Waals surface area (Å²) in [5.74, 6) is 0.361. The SMILES string of the molecule is C[C@H]1CCN1c1nc(N)c(C=N)c(-c2ccc(C(N)=O)cc2)n1. The second-order valence-electron chi connectivity index (χ2n) is 5.59. The first-order valence-electron chi connectivity index (χ1n) is 7.36. The molecule has 3 rings (SSSR count). The molecule has 1 aliphatic rings. The molecule has 1 amide bonds. The Morgan fingerprint density at radius 3 is 2.52 bits per heavy atom. The zero-order valence-electron chi connectivity index (χ0n) is 12.8. The van der Waals surface area contributed by atoms with Crippen molar-refractivity contribution in [3.05, 3.63) is 35.4 Å². The fraction of sp³-hybridized carbons (Fsp3) is 0.250. The number of carbonyl (C=O) groups excluding carboxylic acids is 1. The molecule has 0 aliphatic carbocycles. The molecule has 2 aromatic rings. The molecule has 1 aromatic heterocycles. The van der Waals surface area contributed by atoms with E-state index in [1.165, 1.54) is 0 Å². The molecule has 7 heteroatoms. The van der Waals surface area contributed by atoms with Crippen LogP contribution in [-0.4, -0.2) is 34.7 Å². The van der Waals surface area contributed by atoms with Gasteiger partial charge in [0.05, 0.1) is 11.3 Å². The van der Waals surface area contributed by atoms with Gasteiger partial charge in [-0.25, -0.2) is 4.98 Å². The third-order valence-electron chi connectivity index (χ3n) is 4.13. The third-order valence-corrected chi connectivity index (χ3v) is 4.13. The van der Waals surface area contributed by atoms with E-state index >= 15 is 0 Å². The molecule has 0 radical (unpaired) electrons. The minimum Gasteiger partial charge on any atom is -0.383 e. The number of rotatable bonds is 4. The van der Waals surface area contributed by atoms with Gasteiger partial charge in [-0.1, -0.05) is 12.1 Å². The molecular formula is C16H18N6O. The quantitative estimate of drug-likeness (QED) is 0.737. The van der Waals surface area contributed by atoms with Crippen molar-refractivity contribution in [3.63, 3.8) is 0 Å². The van der Waals surface area contributed by atoms with Crippen LogP contribution in [0.25, 0.3) is 11.3 Å². The van der Waals surface area contributed by atoms with E-state index in [2.05, 4.69) is 21.8 Å². The van der Waals surface area contributed by atoms with Gasteiger partial charge in [-0.05, 0) is 25.5 Å². The Balaban J connectivity index is 2.08. The average Bonchev–Trinajstić information content (AvgIpc) is 2.53. The Labute approximate surface area is 133 Å². The van der Waals surface area contributed by atoms with Gasteiger partial charge in [0.1, 0.15) is 5.82 Å². The molecule has 0 spiro atoms. The van der Waals surface area contributed by atoms with E-state index in [1.54, 1.807) is 24.3 Å². The first-order valence-corrected chi connectivity index (χ1v) is 7.36. The fourth-order valence-corrected chi connectivity index (χ4v) is 2.57. The van der Waals surface area contributed by atoms with Crippen LogP contribution in [0.5, 0.6) is 0 Å². The van der Waals surface area contributed by atoms with Gasteiger partial charge in [0.25, 0.3) is 0 Å². The number of benzene rings is 1. The summed E-state index contributed by atoms with van der Waals surface area (Å²) < 4.78 is 0. The van der Waals surface area contributed by atoms with Crippen LogP contribution in [0.1, 0.15) is 29.3 Å². The van der Waals surface area contributed by atoms with E-state index in [0.29, 0.717) is 28.8 Å². The van der Waals surface area contributed by atoms with Gasteiger partial charge in [-0.15, -0.1) is 0 Å². The van der Waals surface area contributed by atoms with Gasteiger partial charge >= 0.3 is 0 Å². The number of nitrogens with two attached hydrogens (primary N) is 2.